The number of aliphatic hydroxyl groups excluding tert-OH is 1. The van der Waals surface area contributed by atoms with Gasteiger partial charge in [0.1, 0.15) is 6.61 Å². The van der Waals surface area contributed by atoms with Crippen molar-refractivity contribution in [2.75, 3.05) is 13.2 Å². The van der Waals surface area contributed by atoms with Gasteiger partial charge in [0.05, 0.1) is 6.61 Å². The summed E-state index contributed by atoms with van der Waals surface area (Å²) in [5.41, 5.74) is 0. The summed E-state index contributed by atoms with van der Waals surface area (Å²) in [5.74, 6) is -1.32. The molecule has 0 aromatic rings. The molecule has 0 fully saturated rings. The monoisotopic (exact) mass is 326 g/mol. The smallest absolute Gasteiger partial charge is 0.330 e. The van der Waals surface area contributed by atoms with Crippen molar-refractivity contribution in [2.24, 2.45) is 0 Å². The number of hydrogen-bond acceptors (Lipinski definition) is 5. The average molecular weight is 326 g/mol. The number of allylic oxidation sites excluding steroid dienone is 3. The molecule has 5 nitrogen and oxygen atoms in total. The maximum Gasteiger partial charge on any atom is 0.330 e. The molecule has 0 aromatic carbocycles. The van der Waals surface area contributed by atoms with Gasteiger partial charge in [0.25, 0.3) is 0 Å². The zero-order valence-corrected chi connectivity index (χ0v) is 14.5. The Hall–Kier alpha value is -2.40. The fourth-order valence-electron chi connectivity index (χ4n) is 0.570. The van der Waals surface area contributed by atoms with Crippen molar-refractivity contribution in [2.45, 2.75) is 26.9 Å². The summed E-state index contributed by atoms with van der Waals surface area (Å²) in [6, 6.07) is 0. The van der Waals surface area contributed by atoms with Crippen LogP contribution in [0, 0.1) is 0 Å². The molecule has 1 N–H and O–H groups in total. The third-order valence-corrected chi connectivity index (χ3v) is 1.23. The second kappa shape index (κ2) is 27.9. The van der Waals surface area contributed by atoms with E-state index in [4.69, 9.17) is 5.11 Å². The molecule has 0 aromatic heterocycles. The molecule has 0 saturated heterocycles. The van der Waals surface area contributed by atoms with Crippen LogP contribution in [-0.2, 0) is 19.1 Å². The van der Waals surface area contributed by atoms with Crippen LogP contribution in [0.25, 0.3) is 0 Å². The Kier molecular flexibility index (Phi) is 34.8. The number of rotatable bonds is 6. The predicted molar refractivity (Wildman–Crippen MR) is 95.9 cm³/mol. The zero-order chi connectivity index (χ0) is 19.1. The molecule has 0 amide bonds. The Labute approximate surface area is 140 Å². The second-order valence-electron chi connectivity index (χ2n) is 3.50. The summed E-state index contributed by atoms with van der Waals surface area (Å²) in [6.45, 7) is 21.5. The third kappa shape index (κ3) is 38.2. The van der Waals surface area contributed by atoms with Crippen molar-refractivity contribution in [3.63, 3.8) is 0 Å². The van der Waals surface area contributed by atoms with Gasteiger partial charge in [0, 0.05) is 12.2 Å². The normalized spacial score (nSPS) is 8.52. The van der Waals surface area contributed by atoms with E-state index in [0.29, 0.717) is 0 Å². The number of carbonyl (C=O) groups is 2. The van der Waals surface area contributed by atoms with Gasteiger partial charge in [-0.3, -0.25) is 0 Å². The zero-order valence-electron chi connectivity index (χ0n) is 14.5. The first kappa shape index (κ1) is 28.7. The fraction of sp³-hybridized carbons (Fsp3) is 0.333. The number of ether oxygens (including phenoxy) is 2. The van der Waals surface area contributed by atoms with E-state index in [2.05, 4.69) is 42.4 Å². The van der Waals surface area contributed by atoms with Crippen LogP contribution >= 0.6 is 0 Å². The molecule has 1 atom stereocenters. The van der Waals surface area contributed by atoms with Gasteiger partial charge in [-0.15, -0.1) is 19.7 Å². The summed E-state index contributed by atoms with van der Waals surface area (Å²) >= 11 is 0. The highest BCUT2D eigenvalue weighted by atomic mass is 16.6. The van der Waals surface area contributed by atoms with E-state index in [-0.39, 0.29) is 6.61 Å². The van der Waals surface area contributed by atoms with Gasteiger partial charge < -0.3 is 14.6 Å². The van der Waals surface area contributed by atoms with Crippen molar-refractivity contribution >= 4 is 11.9 Å². The minimum absolute atomic E-state index is 0.207. The predicted octanol–water partition coefficient (Wildman–Crippen LogP) is 3.38. The van der Waals surface area contributed by atoms with Crippen molar-refractivity contribution in [3.05, 3.63) is 63.3 Å². The number of esters is 2. The lowest BCUT2D eigenvalue weighted by atomic mass is 10.4. The van der Waals surface area contributed by atoms with Crippen LogP contribution in [0.3, 0.4) is 0 Å². The SMILES string of the molecule is C=CC.C=CC.C=CC.C=CC(=O)OCC(CO)OC(=O)C=C. The molecule has 0 saturated carbocycles. The minimum Gasteiger partial charge on any atom is -0.458 e. The molecular weight excluding hydrogens is 296 g/mol. The van der Waals surface area contributed by atoms with Gasteiger partial charge in [-0.1, -0.05) is 31.4 Å². The Bertz CT molecular complexity index is 331. The topological polar surface area (TPSA) is 72.8 Å². The molecule has 23 heavy (non-hydrogen) atoms. The van der Waals surface area contributed by atoms with Crippen LogP contribution in [0.2, 0.25) is 0 Å². The van der Waals surface area contributed by atoms with Crippen LogP contribution in [0.15, 0.2) is 63.3 Å². The molecule has 0 aliphatic rings. The quantitative estimate of drug-likeness (QED) is 0.460. The van der Waals surface area contributed by atoms with Gasteiger partial charge in [-0.2, -0.15) is 0 Å². The maximum absolute atomic E-state index is 10.7. The molecule has 0 rings (SSSR count). The Morgan fingerprint density at radius 3 is 1.52 bits per heavy atom. The minimum atomic E-state index is -0.871. The molecule has 0 aliphatic carbocycles. The van der Waals surface area contributed by atoms with Crippen molar-refractivity contribution in [1.82, 2.24) is 0 Å². The molecule has 0 bridgehead atoms. The van der Waals surface area contributed by atoms with Crippen molar-refractivity contribution in [3.8, 4) is 0 Å². The first-order chi connectivity index (χ1) is 10.9. The van der Waals surface area contributed by atoms with Crippen molar-refractivity contribution < 1.29 is 24.2 Å². The van der Waals surface area contributed by atoms with Gasteiger partial charge >= 0.3 is 11.9 Å². The average Bonchev–Trinajstić information content (AvgIpc) is 2.53. The van der Waals surface area contributed by atoms with Gasteiger partial charge in [0.2, 0.25) is 0 Å². The van der Waals surface area contributed by atoms with E-state index in [9.17, 15) is 9.59 Å². The molecule has 0 spiro atoms. The molecule has 132 valence electrons. The van der Waals surface area contributed by atoms with E-state index >= 15 is 0 Å². The lowest BCUT2D eigenvalue weighted by Crippen LogP contribution is -2.27. The lowest BCUT2D eigenvalue weighted by Gasteiger charge is -2.13. The van der Waals surface area contributed by atoms with E-state index in [0.717, 1.165) is 12.2 Å². The van der Waals surface area contributed by atoms with E-state index in [1.54, 1.807) is 18.2 Å². The summed E-state index contributed by atoms with van der Waals surface area (Å²) < 4.78 is 9.19. The summed E-state index contributed by atoms with van der Waals surface area (Å²) in [7, 11) is 0. The maximum atomic E-state index is 10.7. The summed E-state index contributed by atoms with van der Waals surface area (Å²) in [4.78, 5) is 21.3. The highest BCUT2D eigenvalue weighted by molar-refractivity contribution is 5.82. The highest BCUT2D eigenvalue weighted by Gasteiger charge is 2.13. The van der Waals surface area contributed by atoms with Crippen LogP contribution in [0.5, 0.6) is 0 Å². The third-order valence-electron chi connectivity index (χ3n) is 1.23. The van der Waals surface area contributed by atoms with Gasteiger partial charge in [-0.05, 0) is 20.8 Å². The van der Waals surface area contributed by atoms with Gasteiger partial charge in [0.15, 0.2) is 6.10 Å². The van der Waals surface area contributed by atoms with E-state index < -0.39 is 24.6 Å². The Morgan fingerprint density at radius 1 is 0.913 bits per heavy atom. The summed E-state index contributed by atoms with van der Waals surface area (Å²) in [5, 5.41) is 8.73. The largest absolute Gasteiger partial charge is 0.458 e. The molecule has 0 heterocycles. The first-order valence-corrected chi connectivity index (χ1v) is 6.82. The number of aliphatic hydroxyl groups is 1. The molecular formula is C18H30O5. The lowest BCUT2D eigenvalue weighted by molar-refractivity contribution is -0.154. The number of carbonyl (C=O) groups excluding carboxylic acids is 2. The molecule has 1 unspecified atom stereocenters. The standard InChI is InChI=1S/C9H12O5.3C3H6/c1-3-8(11)13-6-7(5-10)14-9(12)4-2;3*1-3-2/h3-4,7,10H,1-2,5-6H2;3*3H,1H2,2H3. The van der Waals surface area contributed by atoms with E-state index in [1.807, 2.05) is 20.8 Å². The van der Waals surface area contributed by atoms with Gasteiger partial charge in [-0.25, -0.2) is 9.59 Å². The Morgan fingerprint density at radius 2 is 1.26 bits per heavy atom. The first-order valence-electron chi connectivity index (χ1n) is 6.82. The molecule has 5 heteroatoms. The second-order valence-corrected chi connectivity index (χ2v) is 3.50. The highest BCUT2D eigenvalue weighted by Crippen LogP contribution is 1.95. The van der Waals surface area contributed by atoms with E-state index in [1.165, 1.54) is 0 Å². The van der Waals surface area contributed by atoms with Crippen LogP contribution < -0.4 is 0 Å². The van der Waals surface area contributed by atoms with Crippen LogP contribution in [-0.4, -0.2) is 36.4 Å². The van der Waals surface area contributed by atoms with Crippen LogP contribution in [0.4, 0.5) is 0 Å². The molecule has 0 radical (unpaired) electrons. The van der Waals surface area contributed by atoms with Crippen molar-refractivity contribution in [1.29, 1.82) is 0 Å². The van der Waals surface area contributed by atoms with Crippen LogP contribution in [0.1, 0.15) is 20.8 Å². The Balaban J connectivity index is -0.000000166. The summed E-state index contributed by atoms with van der Waals surface area (Å²) in [6.07, 6.45) is 6.31. The molecule has 0 aliphatic heterocycles. The fourth-order valence-corrected chi connectivity index (χ4v) is 0.570. The number of hydrogen-bond donors (Lipinski definition) is 1.